The number of hydrogen-bond acceptors (Lipinski definition) is 4. The normalized spacial score (nSPS) is 41.8. The largest absolute Gasteiger partial charge is 0.465 e. The van der Waals surface area contributed by atoms with Gasteiger partial charge >= 0.3 is 6.30 Å². The van der Waals surface area contributed by atoms with E-state index in [9.17, 15) is 18.3 Å². The summed E-state index contributed by atoms with van der Waals surface area (Å²) in [7, 11) is 1.42. The molecule has 2 heterocycles. The second-order valence-electron chi connectivity index (χ2n) is 3.23. The molecule has 0 aromatic carbocycles. The molecule has 0 spiro atoms. The number of alkyl halides is 3. The maximum absolute atomic E-state index is 12.3. The van der Waals surface area contributed by atoms with Gasteiger partial charge in [-0.25, -0.2) is 0 Å². The highest BCUT2D eigenvalue weighted by Gasteiger charge is 2.61. The van der Waals surface area contributed by atoms with Crippen LogP contribution >= 0.6 is 0 Å². The molecule has 0 amide bonds. The highest BCUT2D eigenvalue weighted by Crippen LogP contribution is 2.40. The number of nitrogens with zero attached hydrogens (tertiary/aromatic N) is 2. The first-order chi connectivity index (χ1) is 5.91. The molecule has 3 atom stereocenters. The van der Waals surface area contributed by atoms with Crippen molar-refractivity contribution in [1.29, 1.82) is 0 Å². The van der Waals surface area contributed by atoms with E-state index in [1.54, 1.807) is 0 Å². The Morgan fingerprint density at radius 2 is 2.08 bits per heavy atom. The summed E-state index contributed by atoms with van der Waals surface area (Å²) in [6.07, 6.45) is -7.60. The van der Waals surface area contributed by atoms with Crippen molar-refractivity contribution in [3.8, 4) is 0 Å². The number of rotatable bonds is 0. The van der Waals surface area contributed by atoms with E-state index in [-0.39, 0.29) is 4.90 Å². The summed E-state index contributed by atoms with van der Waals surface area (Å²) in [5.41, 5.74) is 0. The highest BCUT2D eigenvalue weighted by atomic mass is 19.4. The SMILES string of the molecule is CN1CC2O[C@@H]2N(C(F)(F)F)C1O. The lowest BCUT2D eigenvalue weighted by molar-refractivity contribution is -0.322. The number of ether oxygens (including phenoxy) is 1. The van der Waals surface area contributed by atoms with Crippen LogP contribution in [0.5, 0.6) is 0 Å². The molecule has 0 saturated carbocycles. The number of halogens is 3. The van der Waals surface area contributed by atoms with Gasteiger partial charge in [-0.1, -0.05) is 0 Å². The number of fused-ring (bicyclic) bond motifs is 1. The molecule has 1 N–H and O–H groups in total. The van der Waals surface area contributed by atoms with Gasteiger partial charge in [0.1, 0.15) is 12.3 Å². The molecular formula is C6H9F3N2O2. The zero-order valence-electron chi connectivity index (χ0n) is 6.82. The average Bonchev–Trinajstić information content (AvgIpc) is 2.64. The summed E-state index contributed by atoms with van der Waals surface area (Å²) < 4.78 is 41.7. The quantitative estimate of drug-likeness (QED) is 0.430. The van der Waals surface area contributed by atoms with Crippen molar-refractivity contribution in [2.75, 3.05) is 13.6 Å². The molecule has 2 saturated heterocycles. The van der Waals surface area contributed by atoms with Crippen LogP contribution in [0.25, 0.3) is 0 Å². The van der Waals surface area contributed by atoms with Crippen LogP contribution in [0.1, 0.15) is 0 Å². The fourth-order valence-corrected chi connectivity index (χ4v) is 1.51. The van der Waals surface area contributed by atoms with Gasteiger partial charge < -0.3 is 9.84 Å². The van der Waals surface area contributed by atoms with Crippen molar-refractivity contribution in [3.63, 3.8) is 0 Å². The summed E-state index contributed by atoms with van der Waals surface area (Å²) in [4.78, 5) is 1.21. The van der Waals surface area contributed by atoms with Crippen molar-refractivity contribution in [3.05, 3.63) is 0 Å². The third kappa shape index (κ3) is 1.41. The number of likely N-dealkylation sites (N-methyl/N-ethyl adjacent to an activating group) is 1. The van der Waals surface area contributed by atoms with Gasteiger partial charge in [0.05, 0.1) is 0 Å². The zero-order chi connectivity index (χ0) is 9.80. The molecule has 0 radical (unpaired) electrons. The van der Waals surface area contributed by atoms with Crippen LogP contribution in [-0.4, -0.2) is 53.5 Å². The van der Waals surface area contributed by atoms with Crippen LogP contribution in [0.4, 0.5) is 13.2 Å². The summed E-state index contributed by atoms with van der Waals surface area (Å²) in [5.74, 6) is 0. The van der Waals surface area contributed by atoms with Crippen molar-refractivity contribution < 1.29 is 23.0 Å². The lowest BCUT2D eigenvalue weighted by Gasteiger charge is -2.36. The fourth-order valence-electron chi connectivity index (χ4n) is 1.51. The van der Waals surface area contributed by atoms with Crippen LogP contribution in [0.15, 0.2) is 0 Å². The lowest BCUT2D eigenvalue weighted by Crippen LogP contribution is -2.59. The van der Waals surface area contributed by atoms with Gasteiger partial charge in [-0.3, -0.25) is 4.90 Å². The molecule has 2 aliphatic heterocycles. The van der Waals surface area contributed by atoms with Gasteiger partial charge in [0.15, 0.2) is 6.35 Å². The Morgan fingerprint density at radius 1 is 1.46 bits per heavy atom. The van der Waals surface area contributed by atoms with Crippen LogP contribution in [0.2, 0.25) is 0 Å². The zero-order valence-corrected chi connectivity index (χ0v) is 6.82. The molecule has 0 bridgehead atoms. The number of aliphatic hydroxyl groups excluding tert-OH is 1. The van der Waals surface area contributed by atoms with Crippen LogP contribution in [0.3, 0.4) is 0 Å². The van der Waals surface area contributed by atoms with E-state index in [0.29, 0.717) is 6.54 Å². The monoisotopic (exact) mass is 198 g/mol. The van der Waals surface area contributed by atoms with E-state index in [4.69, 9.17) is 4.74 Å². The molecule has 4 nitrogen and oxygen atoms in total. The Hall–Kier alpha value is -0.370. The number of aliphatic hydroxyl groups is 1. The molecule has 2 aliphatic rings. The van der Waals surface area contributed by atoms with Crippen LogP contribution in [-0.2, 0) is 4.74 Å². The third-order valence-electron chi connectivity index (χ3n) is 2.23. The van der Waals surface area contributed by atoms with Crippen molar-refractivity contribution in [2.24, 2.45) is 0 Å². The molecule has 0 aliphatic carbocycles. The minimum atomic E-state index is -4.55. The third-order valence-corrected chi connectivity index (χ3v) is 2.23. The second-order valence-corrected chi connectivity index (χ2v) is 3.23. The van der Waals surface area contributed by atoms with E-state index in [1.807, 2.05) is 0 Å². The Kier molecular flexibility index (Phi) is 1.82. The fraction of sp³-hybridized carbons (Fsp3) is 1.00. The topological polar surface area (TPSA) is 39.2 Å². The van der Waals surface area contributed by atoms with Crippen LogP contribution < -0.4 is 0 Å². The van der Waals surface area contributed by atoms with E-state index < -0.39 is 25.0 Å². The van der Waals surface area contributed by atoms with E-state index >= 15 is 0 Å². The van der Waals surface area contributed by atoms with Gasteiger partial charge in [0.2, 0.25) is 0 Å². The van der Waals surface area contributed by atoms with Gasteiger partial charge in [-0.2, -0.15) is 13.2 Å². The standard InChI is InChI=1S/C6H9F3N2O2/c1-10-2-3-4(13-3)11(5(10)12)6(7,8)9/h3-5,12H,2H2,1H3/t3?,4-,5?/m0/s1. The first-order valence-corrected chi connectivity index (χ1v) is 3.80. The van der Waals surface area contributed by atoms with Gasteiger partial charge in [0.25, 0.3) is 0 Å². The Bertz CT molecular complexity index is 222. The van der Waals surface area contributed by atoms with Crippen LogP contribution in [0, 0.1) is 0 Å². The summed E-state index contributed by atoms with van der Waals surface area (Å²) in [6, 6.07) is 0. The Balaban J connectivity index is 2.16. The van der Waals surface area contributed by atoms with Crippen molar-refractivity contribution in [1.82, 2.24) is 9.80 Å². The van der Waals surface area contributed by atoms with Crippen molar-refractivity contribution >= 4 is 0 Å². The first kappa shape index (κ1) is 9.20. The smallest absolute Gasteiger partial charge is 0.365 e. The molecule has 13 heavy (non-hydrogen) atoms. The molecule has 2 rings (SSSR count). The van der Waals surface area contributed by atoms with E-state index in [1.165, 1.54) is 11.9 Å². The molecule has 2 unspecified atom stereocenters. The van der Waals surface area contributed by atoms with Gasteiger partial charge in [0, 0.05) is 6.54 Å². The van der Waals surface area contributed by atoms with Gasteiger partial charge in [-0.15, -0.1) is 4.90 Å². The minimum absolute atomic E-state index is 0.0150. The minimum Gasteiger partial charge on any atom is -0.365 e. The molecule has 0 aromatic rings. The van der Waals surface area contributed by atoms with Crippen molar-refractivity contribution in [2.45, 2.75) is 25.0 Å². The van der Waals surface area contributed by atoms with Gasteiger partial charge in [-0.05, 0) is 7.05 Å². The van der Waals surface area contributed by atoms with E-state index in [2.05, 4.69) is 0 Å². The van der Waals surface area contributed by atoms with E-state index in [0.717, 1.165) is 0 Å². The maximum Gasteiger partial charge on any atom is 0.465 e. The summed E-state index contributed by atoms with van der Waals surface area (Å²) in [5, 5.41) is 9.22. The Labute approximate surface area is 72.5 Å². The number of epoxide rings is 1. The summed E-state index contributed by atoms with van der Waals surface area (Å²) in [6.45, 7) is 0.332. The molecule has 76 valence electrons. The summed E-state index contributed by atoms with van der Waals surface area (Å²) >= 11 is 0. The number of hydrogen-bond donors (Lipinski definition) is 1. The predicted molar refractivity (Wildman–Crippen MR) is 35.2 cm³/mol. The highest BCUT2D eigenvalue weighted by molar-refractivity contribution is 4.93. The molecular weight excluding hydrogens is 189 g/mol. The Morgan fingerprint density at radius 3 is 2.62 bits per heavy atom. The molecule has 2 fully saturated rings. The predicted octanol–water partition coefficient (Wildman–Crippen LogP) is -0.246. The molecule has 0 aromatic heterocycles. The maximum atomic E-state index is 12.3. The molecule has 7 heteroatoms. The average molecular weight is 198 g/mol. The first-order valence-electron chi connectivity index (χ1n) is 3.80. The lowest BCUT2D eigenvalue weighted by atomic mass is 10.3. The second kappa shape index (κ2) is 2.57.